The molecule has 0 aliphatic heterocycles. The molecule has 0 aliphatic carbocycles. The lowest BCUT2D eigenvalue weighted by molar-refractivity contribution is -0.120. The molecule has 0 radical (unpaired) electrons. The molecule has 0 aromatic heterocycles. The monoisotopic (exact) mass is 378 g/mol. The fourth-order valence-corrected chi connectivity index (χ4v) is 2.29. The summed E-state index contributed by atoms with van der Waals surface area (Å²) >= 11 is 3.35. The molecule has 4 nitrogen and oxygen atoms in total. The van der Waals surface area contributed by atoms with Crippen molar-refractivity contribution in [1.82, 2.24) is 10.6 Å². The van der Waals surface area contributed by atoms with Crippen molar-refractivity contribution in [1.29, 1.82) is 0 Å². The Labute approximate surface area is 142 Å². The molecule has 120 valence electrons. The van der Waals surface area contributed by atoms with Crippen LogP contribution in [-0.2, 0) is 4.79 Å². The Bertz CT molecular complexity index is 704. The van der Waals surface area contributed by atoms with E-state index < -0.39 is 11.7 Å². The van der Waals surface area contributed by atoms with Crippen LogP contribution in [0.5, 0.6) is 0 Å². The molecular weight excluding hydrogens is 363 g/mol. The van der Waals surface area contributed by atoms with Crippen molar-refractivity contribution in [2.24, 2.45) is 0 Å². The van der Waals surface area contributed by atoms with Crippen molar-refractivity contribution in [2.75, 3.05) is 6.54 Å². The van der Waals surface area contributed by atoms with Gasteiger partial charge in [-0.2, -0.15) is 0 Å². The quantitative estimate of drug-likeness (QED) is 0.839. The Morgan fingerprint density at radius 3 is 2.43 bits per heavy atom. The summed E-state index contributed by atoms with van der Waals surface area (Å²) in [7, 11) is 0. The Morgan fingerprint density at radius 1 is 1.13 bits per heavy atom. The molecule has 2 N–H and O–H groups in total. The van der Waals surface area contributed by atoms with Gasteiger partial charge in [0.25, 0.3) is 5.91 Å². The van der Waals surface area contributed by atoms with Crippen molar-refractivity contribution in [3.63, 3.8) is 0 Å². The van der Waals surface area contributed by atoms with Gasteiger partial charge >= 0.3 is 0 Å². The van der Waals surface area contributed by atoms with E-state index in [0.717, 1.165) is 10.0 Å². The molecule has 2 aromatic carbocycles. The van der Waals surface area contributed by atoms with Gasteiger partial charge in [-0.05, 0) is 36.8 Å². The van der Waals surface area contributed by atoms with Gasteiger partial charge < -0.3 is 10.6 Å². The summed E-state index contributed by atoms with van der Waals surface area (Å²) in [5.41, 5.74) is 0.864. The van der Waals surface area contributed by atoms with Gasteiger partial charge in [-0.1, -0.05) is 40.2 Å². The normalized spacial score (nSPS) is 11.6. The third-order valence-corrected chi connectivity index (χ3v) is 3.80. The summed E-state index contributed by atoms with van der Waals surface area (Å²) in [5.74, 6) is -1.58. The Hall–Kier alpha value is -2.21. The molecule has 0 spiro atoms. The number of carbonyl (C=O) groups is 2. The van der Waals surface area contributed by atoms with Crippen molar-refractivity contribution in [3.8, 4) is 0 Å². The molecular formula is C17H16BrFN2O2. The largest absolute Gasteiger partial charge is 0.348 e. The van der Waals surface area contributed by atoms with Crippen LogP contribution in [0, 0.1) is 5.82 Å². The van der Waals surface area contributed by atoms with E-state index in [1.165, 1.54) is 18.2 Å². The van der Waals surface area contributed by atoms with E-state index in [-0.39, 0.29) is 24.1 Å². The highest BCUT2D eigenvalue weighted by atomic mass is 79.9. The van der Waals surface area contributed by atoms with Crippen LogP contribution in [-0.4, -0.2) is 18.4 Å². The van der Waals surface area contributed by atoms with Crippen molar-refractivity contribution in [3.05, 3.63) is 69.9 Å². The highest BCUT2D eigenvalue weighted by molar-refractivity contribution is 9.10. The number of halogens is 2. The minimum Gasteiger partial charge on any atom is -0.348 e. The average Bonchev–Trinajstić information content (AvgIpc) is 2.53. The number of carbonyl (C=O) groups excluding carboxylic acids is 2. The van der Waals surface area contributed by atoms with Crippen LogP contribution < -0.4 is 10.6 Å². The molecule has 2 rings (SSSR count). The second-order valence-electron chi connectivity index (χ2n) is 5.00. The number of amides is 2. The van der Waals surface area contributed by atoms with E-state index in [2.05, 4.69) is 26.6 Å². The summed E-state index contributed by atoms with van der Waals surface area (Å²) in [4.78, 5) is 23.7. The number of benzene rings is 2. The molecule has 2 amide bonds. The van der Waals surface area contributed by atoms with Crippen LogP contribution in [0.3, 0.4) is 0 Å². The Kier molecular flexibility index (Phi) is 5.87. The predicted molar refractivity (Wildman–Crippen MR) is 89.4 cm³/mol. The van der Waals surface area contributed by atoms with Gasteiger partial charge in [0, 0.05) is 4.47 Å². The summed E-state index contributed by atoms with van der Waals surface area (Å²) in [6.07, 6.45) is 0. The van der Waals surface area contributed by atoms with Gasteiger partial charge in [0.05, 0.1) is 18.2 Å². The number of hydrogen-bond donors (Lipinski definition) is 2. The van der Waals surface area contributed by atoms with Crippen molar-refractivity contribution in [2.45, 2.75) is 13.0 Å². The van der Waals surface area contributed by atoms with E-state index >= 15 is 0 Å². The lowest BCUT2D eigenvalue weighted by Crippen LogP contribution is -2.38. The summed E-state index contributed by atoms with van der Waals surface area (Å²) < 4.78 is 14.4. The van der Waals surface area contributed by atoms with Gasteiger partial charge in [-0.25, -0.2) is 4.39 Å². The fraction of sp³-hybridized carbons (Fsp3) is 0.176. The lowest BCUT2D eigenvalue weighted by Gasteiger charge is -2.15. The summed E-state index contributed by atoms with van der Waals surface area (Å²) in [6.45, 7) is 1.63. The molecule has 0 saturated heterocycles. The van der Waals surface area contributed by atoms with Gasteiger partial charge in [0.1, 0.15) is 5.82 Å². The van der Waals surface area contributed by atoms with Crippen molar-refractivity contribution >= 4 is 27.7 Å². The van der Waals surface area contributed by atoms with Crippen LogP contribution in [0.25, 0.3) is 0 Å². The van der Waals surface area contributed by atoms with Gasteiger partial charge in [-0.3, -0.25) is 9.59 Å². The lowest BCUT2D eigenvalue weighted by atomic mass is 10.1. The topological polar surface area (TPSA) is 58.2 Å². The van der Waals surface area contributed by atoms with Crippen LogP contribution in [0.15, 0.2) is 53.0 Å². The summed E-state index contributed by atoms with van der Waals surface area (Å²) in [6, 6.07) is 13.0. The molecule has 2 aromatic rings. The zero-order valence-electron chi connectivity index (χ0n) is 12.5. The Balaban J connectivity index is 1.86. The van der Waals surface area contributed by atoms with Crippen LogP contribution in [0.2, 0.25) is 0 Å². The highest BCUT2D eigenvalue weighted by Crippen LogP contribution is 2.16. The molecule has 23 heavy (non-hydrogen) atoms. The third kappa shape index (κ3) is 4.89. The molecule has 0 aliphatic rings. The first-order chi connectivity index (χ1) is 11.0. The van der Waals surface area contributed by atoms with Gasteiger partial charge in [-0.15, -0.1) is 0 Å². The first-order valence-electron chi connectivity index (χ1n) is 7.05. The molecule has 0 saturated carbocycles. The van der Waals surface area contributed by atoms with E-state index in [1.54, 1.807) is 6.07 Å². The van der Waals surface area contributed by atoms with Gasteiger partial charge in [0.15, 0.2) is 0 Å². The summed E-state index contributed by atoms with van der Waals surface area (Å²) in [5, 5.41) is 5.18. The minimum atomic E-state index is -0.617. The molecule has 0 fully saturated rings. The van der Waals surface area contributed by atoms with E-state index in [4.69, 9.17) is 0 Å². The van der Waals surface area contributed by atoms with Crippen LogP contribution in [0.4, 0.5) is 4.39 Å². The van der Waals surface area contributed by atoms with Gasteiger partial charge in [0.2, 0.25) is 5.91 Å². The number of rotatable bonds is 5. The maximum atomic E-state index is 13.5. The van der Waals surface area contributed by atoms with Crippen LogP contribution >= 0.6 is 15.9 Å². The highest BCUT2D eigenvalue weighted by Gasteiger charge is 2.13. The molecule has 1 atom stereocenters. The second kappa shape index (κ2) is 7.87. The number of hydrogen-bond acceptors (Lipinski definition) is 2. The van der Waals surface area contributed by atoms with Crippen molar-refractivity contribution < 1.29 is 14.0 Å². The second-order valence-corrected chi connectivity index (χ2v) is 5.92. The fourth-order valence-electron chi connectivity index (χ4n) is 2.03. The molecule has 6 heteroatoms. The van der Waals surface area contributed by atoms with E-state index in [9.17, 15) is 14.0 Å². The zero-order valence-corrected chi connectivity index (χ0v) is 14.1. The van der Waals surface area contributed by atoms with Crippen LogP contribution in [0.1, 0.15) is 28.9 Å². The maximum Gasteiger partial charge on any atom is 0.254 e. The number of nitrogens with one attached hydrogen (secondary N) is 2. The molecule has 0 heterocycles. The average molecular weight is 379 g/mol. The van der Waals surface area contributed by atoms with E-state index in [1.807, 2.05) is 31.2 Å². The smallest absolute Gasteiger partial charge is 0.254 e. The van der Waals surface area contributed by atoms with E-state index in [0.29, 0.717) is 0 Å². The first kappa shape index (κ1) is 17.1. The molecule has 0 unspecified atom stereocenters. The standard InChI is InChI=1S/C17H16BrFN2O2/c1-11(12-6-8-13(18)9-7-12)21-16(22)10-20-17(23)14-4-2-3-5-15(14)19/h2-9,11H,10H2,1H3,(H,20,23)(H,21,22)/t11-/m0/s1. The molecule has 0 bridgehead atoms. The maximum absolute atomic E-state index is 13.5. The Morgan fingerprint density at radius 2 is 1.78 bits per heavy atom. The zero-order chi connectivity index (χ0) is 16.8. The predicted octanol–water partition coefficient (Wildman–Crippen LogP) is 3.20. The first-order valence-corrected chi connectivity index (χ1v) is 7.84. The third-order valence-electron chi connectivity index (χ3n) is 3.28. The minimum absolute atomic E-state index is 0.0822. The SMILES string of the molecule is C[C@H](NC(=O)CNC(=O)c1ccccc1F)c1ccc(Br)cc1.